The van der Waals surface area contributed by atoms with Crippen LogP contribution in [0.5, 0.6) is 0 Å². The van der Waals surface area contributed by atoms with Crippen molar-refractivity contribution in [2.75, 3.05) is 13.2 Å². The molecule has 0 atom stereocenters. The molecule has 0 saturated heterocycles. The minimum absolute atomic E-state index is 0.419. The molecule has 0 aliphatic rings. The average Bonchev–Trinajstić information content (AvgIpc) is 2.64. The molecule has 0 amide bonds. The Bertz CT molecular complexity index is 363. The Balaban J connectivity index is 3.45. The van der Waals surface area contributed by atoms with Crippen LogP contribution in [-0.2, 0) is 19.1 Å². The van der Waals surface area contributed by atoms with E-state index in [9.17, 15) is 9.59 Å². The Morgan fingerprint density at radius 1 is 0.538 bits per heavy atom. The minimum atomic E-state index is -0.470. The molecule has 0 fully saturated rings. The smallest absolute Gasteiger partial charge is 0.331 e. The van der Waals surface area contributed by atoms with Crippen LogP contribution in [0.15, 0.2) is 12.2 Å². The second-order valence-electron chi connectivity index (χ2n) is 6.91. The van der Waals surface area contributed by atoms with Crippen LogP contribution in [0.2, 0.25) is 0 Å². The molecule has 26 heavy (non-hydrogen) atoms. The first-order valence-electron chi connectivity index (χ1n) is 10.7. The van der Waals surface area contributed by atoms with Gasteiger partial charge >= 0.3 is 11.9 Å². The van der Waals surface area contributed by atoms with E-state index in [0.717, 1.165) is 37.8 Å². The van der Waals surface area contributed by atoms with Crippen LogP contribution in [0.25, 0.3) is 0 Å². The van der Waals surface area contributed by atoms with Gasteiger partial charge in [-0.3, -0.25) is 0 Å². The first-order chi connectivity index (χ1) is 12.7. The number of hydrogen-bond donors (Lipinski definition) is 0. The third-order valence-electron chi connectivity index (χ3n) is 4.34. The van der Waals surface area contributed by atoms with Gasteiger partial charge in [-0.15, -0.1) is 0 Å². The van der Waals surface area contributed by atoms with E-state index in [2.05, 4.69) is 13.8 Å². The predicted octanol–water partition coefficient (Wildman–Crippen LogP) is 6.13. The lowest BCUT2D eigenvalue weighted by Gasteiger charge is -2.03. The fraction of sp³-hybridized carbons (Fsp3) is 0.818. The molecular formula is C22H40O4. The van der Waals surface area contributed by atoms with Gasteiger partial charge in [-0.25, -0.2) is 9.59 Å². The zero-order valence-electron chi connectivity index (χ0n) is 17.1. The SMILES string of the molecule is CCCCCCCCCCOC(=O)C=CC(=O)OCCCCCCCC. The van der Waals surface area contributed by atoms with Crippen molar-refractivity contribution in [3.05, 3.63) is 12.2 Å². The lowest BCUT2D eigenvalue weighted by Crippen LogP contribution is -2.06. The van der Waals surface area contributed by atoms with Crippen LogP contribution in [0, 0.1) is 0 Å². The molecule has 0 rings (SSSR count). The van der Waals surface area contributed by atoms with Gasteiger partial charge in [0.05, 0.1) is 13.2 Å². The maximum absolute atomic E-state index is 11.5. The average molecular weight is 369 g/mol. The Morgan fingerprint density at radius 3 is 1.19 bits per heavy atom. The summed E-state index contributed by atoms with van der Waals surface area (Å²) in [4.78, 5) is 23.0. The highest BCUT2D eigenvalue weighted by Crippen LogP contribution is 2.08. The first kappa shape index (κ1) is 24.7. The molecule has 0 heterocycles. The van der Waals surface area contributed by atoms with Crippen molar-refractivity contribution >= 4 is 11.9 Å². The van der Waals surface area contributed by atoms with Crippen molar-refractivity contribution in [3.8, 4) is 0 Å². The highest BCUT2D eigenvalue weighted by Gasteiger charge is 2.01. The highest BCUT2D eigenvalue weighted by molar-refractivity contribution is 5.91. The molecular weight excluding hydrogens is 328 g/mol. The fourth-order valence-electron chi connectivity index (χ4n) is 2.70. The second kappa shape index (κ2) is 20.0. The van der Waals surface area contributed by atoms with Gasteiger partial charge in [-0.1, -0.05) is 90.9 Å². The van der Waals surface area contributed by atoms with Crippen LogP contribution in [0.1, 0.15) is 104 Å². The van der Waals surface area contributed by atoms with Crippen molar-refractivity contribution in [1.29, 1.82) is 0 Å². The van der Waals surface area contributed by atoms with Crippen LogP contribution in [0.3, 0.4) is 0 Å². The number of rotatable bonds is 18. The first-order valence-corrected chi connectivity index (χ1v) is 10.7. The zero-order chi connectivity index (χ0) is 19.3. The summed E-state index contributed by atoms with van der Waals surface area (Å²) in [6.45, 7) is 5.25. The van der Waals surface area contributed by atoms with E-state index in [4.69, 9.17) is 9.47 Å². The molecule has 0 aliphatic carbocycles. The van der Waals surface area contributed by atoms with Gasteiger partial charge in [-0.2, -0.15) is 0 Å². The summed E-state index contributed by atoms with van der Waals surface area (Å²) < 4.78 is 10.1. The summed E-state index contributed by atoms with van der Waals surface area (Å²) in [6, 6.07) is 0. The number of carbonyl (C=O) groups is 2. The van der Waals surface area contributed by atoms with Gasteiger partial charge in [-0.05, 0) is 12.8 Å². The molecule has 0 bridgehead atoms. The number of unbranched alkanes of at least 4 members (excludes halogenated alkanes) is 12. The number of ether oxygens (including phenoxy) is 2. The summed E-state index contributed by atoms with van der Waals surface area (Å²) in [5, 5.41) is 0. The fourth-order valence-corrected chi connectivity index (χ4v) is 2.70. The maximum atomic E-state index is 11.5. The lowest BCUT2D eigenvalue weighted by atomic mass is 10.1. The van der Waals surface area contributed by atoms with Gasteiger partial charge in [0.15, 0.2) is 0 Å². The molecule has 0 radical (unpaired) electrons. The molecule has 4 heteroatoms. The van der Waals surface area contributed by atoms with Gasteiger partial charge in [0.1, 0.15) is 0 Å². The molecule has 0 spiro atoms. The van der Waals surface area contributed by atoms with E-state index >= 15 is 0 Å². The third kappa shape index (κ3) is 19.0. The molecule has 0 aromatic carbocycles. The largest absolute Gasteiger partial charge is 0.463 e. The molecule has 0 saturated carbocycles. The Morgan fingerprint density at radius 2 is 0.846 bits per heavy atom. The molecule has 0 unspecified atom stereocenters. The number of carbonyl (C=O) groups excluding carboxylic acids is 2. The monoisotopic (exact) mass is 368 g/mol. The van der Waals surface area contributed by atoms with Gasteiger partial charge in [0, 0.05) is 12.2 Å². The van der Waals surface area contributed by atoms with E-state index in [1.54, 1.807) is 0 Å². The topological polar surface area (TPSA) is 52.6 Å². The molecule has 0 aromatic heterocycles. The van der Waals surface area contributed by atoms with Crippen molar-refractivity contribution in [2.24, 2.45) is 0 Å². The molecule has 0 aliphatic heterocycles. The molecule has 4 nitrogen and oxygen atoms in total. The Kier molecular flexibility index (Phi) is 19.0. The molecule has 0 aromatic rings. The predicted molar refractivity (Wildman–Crippen MR) is 107 cm³/mol. The Labute approximate surface area is 160 Å². The van der Waals surface area contributed by atoms with E-state index in [1.807, 2.05) is 0 Å². The number of hydrogen-bond acceptors (Lipinski definition) is 4. The summed E-state index contributed by atoms with van der Waals surface area (Å²) in [7, 11) is 0. The van der Waals surface area contributed by atoms with Crippen molar-refractivity contribution in [2.45, 2.75) is 104 Å². The Hall–Kier alpha value is -1.32. The van der Waals surface area contributed by atoms with Crippen LogP contribution in [-0.4, -0.2) is 25.2 Å². The summed E-state index contributed by atoms with van der Waals surface area (Å²) in [6.07, 6.45) is 18.9. The number of esters is 2. The van der Waals surface area contributed by atoms with Crippen LogP contribution >= 0.6 is 0 Å². The van der Waals surface area contributed by atoms with E-state index in [-0.39, 0.29) is 0 Å². The maximum Gasteiger partial charge on any atom is 0.331 e. The highest BCUT2D eigenvalue weighted by atomic mass is 16.5. The van der Waals surface area contributed by atoms with Crippen LogP contribution < -0.4 is 0 Å². The van der Waals surface area contributed by atoms with Gasteiger partial charge in [0.2, 0.25) is 0 Å². The van der Waals surface area contributed by atoms with Gasteiger partial charge in [0.25, 0.3) is 0 Å². The second-order valence-corrected chi connectivity index (χ2v) is 6.91. The minimum Gasteiger partial charge on any atom is -0.463 e. The van der Waals surface area contributed by atoms with Crippen molar-refractivity contribution < 1.29 is 19.1 Å². The van der Waals surface area contributed by atoms with E-state index in [1.165, 1.54) is 64.2 Å². The summed E-state index contributed by atoms with van der Waals surface area (Å²) in [5.41, 5.74) is 0. The standard InChI is InChI=1S/C22H40O4/c1-3-5-7-9-11-12-14-16-20-26-22(24)18-17-21(23)25-19-15-13-10-8-6-4-2/h17-18H,3-16,19-20H2,1-2H3. The molecule has 152 valence electrons. The van der Waals surface area contributed by atoms with E-state index < -0.39 is 11.9 Å². The zero-order valence-corrected chi connectivity index (χ0v) is 17.1. The normalized spacial score (nSPS) is 11.0. The van der Waals surface area contributed by atoms with Crippen molar-refractivity contribution in [1.82, 2.24) is 0 Å². The van der Waals surface area contributed by atoms with Crippen LogP contribution in [0.4, 0.5) is 0 Å². The quantitative estimate of drug-likeness (QED) is 0.166. The van der Waals surface area contributed by atoms with Crippen molar-refractivity contribution in [3.63, 3.8) is 0 Å². The summed E-state index contributed by atoms with van der Waals surface area (Å²) >= 11 is 0. The molecule has 0 N–H and O–H groups in total. The lowest BCUT2D eigenvalue weighted by molar-refractivity contribution is -0.140. The summed E-state index contributed by atoms with van der Waals surface area (Å²) in [5.74, 6) is -0.938. The third-order valence-corrected chi connectivity index (χ3v) is 4.34. The van der Waals surface area contributed by atoms with Gasteiger partial charge < -0.3 is 9.47 Å². The van der Waals surface area contributed by atoms with E-state index in [0.29, 0.717) is 13.2 Å².